The van der Waals surface area contributed by atoms with Crippen molar-refractivity contribution in [2.45, 2.75) is 96.7 Å². The maximum Gasteiger partial charge on any atom is 0.329 e. The zero-order chi connectivity index (χ0) is 49.3. The summed E-state index contributed by atoms with van der Waals surface area (Å²) in [5.41, 5.74) is 5.10. The minimum atomic E-state index is -0.699. The Balaban J connectivity index is 0.000000434. The van der Waals surface area contributed by atoms with Gasteiger partial charge in [-0.25, -0.2) is 14.8 Å². The first kappa shape index (κ1) is 48.5. The molecule has 2 unspecified atom stereocenters. The summed E-state index contributed by atoms with van der Waals surface area (Å²) < 4.78 is 5.32. The third-order valence-electron chi connectivity index (χ3n) is 14.3. The van der Waals surface area contributed by atoms with Crippen LogP contribution < -0.4 is 26.5 Å². The molecule has 7 heterocycles. The second kappa shape index (κ2) is 19.9. The van der Waals surface area contributed by atoms with Crippen LogP contribution in [0.25, 0.3) is 22.1 Å². The van der Waals surface area contributed by atoms with E-state index in [0.717, 1.165) is 98.0 Å². The number of aryl methyl sites for hydroxylation is 1. The average Bonchev–Trinajstić information content (AvgIpc) is 4.05. The van der Waals surface area contributed by atoms with E-state index in [9.17, 15) is 33.6 Å². The lowest BCUT2D eigenvalue weighted by atomic mass is 9.71. The van der Waals surface area contributed by atoms with Gasteiger partial charge < -0.3 is 24.6 Å². The normalized spacial score (nSPS) is 18.6. The van der Waals surface area contributed by atoms with Gasteiger partial charge in [-0.15, -0.1) is 0 Å². The van der Waals surface area contributed by atoms with Gasteiger partial charge in [-0.1, -0.05) is 31.9 Å². The SMILES string of the molecule is CC(c1ccc(Nc2ncc3cc(C(=O)N(C)C)n(C4CCCC4)c3n2)nc1)N1CCC2(CC1)CN(c1cccc3c1n(C)c(=O)n3C1CCC(=O)NC1=O)C2.CCC(=O)NC(=O)CN(C)C(C)=O. The number of nitrogens with one attached hydrogen (secondary N) is 3. The predicted molar refractivity (Wildman–Crippen MR) is 260 cm³/mol. The summed E-state index contributed by atoms with van der Waals surface area (Å²) in [6.45, 7) is 8.96. The highest BCUT2D eigenvalue weighted by Gasteiger charge is 2.46. The number of amides is 6. The maximum absolute atomic E-state index is 13.5. The monoisotopic (exact) mass is 945 g/mol. The van der Waals surface area contributed by atoms with Gasteiger partial charge in [0.05, 0.1) is 23.3 Å². The van der Waals surface area contributed by atoms with Crippen molar-refractivity contribution in [3.63, 3.8) is 0 Å². The van der Waals surface area contributed by atoms with Crippen molar-refractivity contribution < 1.29 is 28.8 Å². The number of para-hydroxylation sites is 1. The summed E-state index contributed by atoms with van der Waals surface area (Å²) in [5.74, 6) is -0.626. The van der Waals surface area contributed by atoms with Gasteiger partial charge in [0.15, 0.2) is 0 Å². The maximum atomic E-state index is 13.5. The number of likely N-dealkylation sites (tertiary alicyclic amines) is 1. The number of likely N-dealkylation sites (N-methyl/N-ethyl adjacent to an activating group) is 1. The average molecular weight is 946 g/mol. The Kier molecular flexibility index (Phi) is 14.0. The lowest BCUT2D eigenvalue weighted by Gasteiger charge is -2.55. The quantitative estimate of drug-likeness (QED) is 0.158. The van der Waals surface area contributed by atoms with Crippen LogP contribution in [0.5, 0.6) is 0 Å². The standard InChI is InChI=1S/C41H49N11O4.C8H14N2O3/c1-25(26-12-14-33(42-21-26)44-39-43-22-27-20-32(38(55)47(2)3)51(36(27)46-39)28-8-5-6-9-28)49-18-16-41(17-19-49)23-50(24-41)29-10-7-11-30-35(29)48(4)40(56)52(30)31-13-15-34(53)45-37(31)54;1-4-7(12)9-8(13)5-10(3)6(2)11/h7,10-12,14,20-22,25,28,31H,5-6,8-9,13,15-19,23-24H2,1-4H3,(H,45,53,54)(H,42,43,44,46);4-5H2,1-3H3,(H,9,12,13). The molecule has 366 valence electrons. The summed E-state index contributed by atoms with van der Waals surface area (Å²) in [6.07, 6.45) is 11.0. The van der Waals surface area contributed by atoms with E-state index in [-0.39, 0.29) is 66.2 Å². The number of carbonyl (C=O) groups excluding carboxylic acids is 6. The molecule has 20 nitrogen and oxygen atoms in total. The van der Waals surface area contributed by atoms with Crippen LogP contribution in [0.1, 0.15) is 113 Å². The molecule has 1 aromatic carbocycles. The molecule has 4 aromatic heterocycles. The minimum Gasteiger partial charge on any atom is -0.369 e. The van der Waals surface area contributed by atoms with Gasteiger partial charge in [0.25, 0.3) is 5.91 Å². The lowest BCUT2D eigenvalue weighted by Crippen LogP contribution is -2.60. The molecule has 20 heteroatoms. The summed E-state index contributed by atoms with van der Waals surface area (Å²) in [4.78, 5) is 105. The third-order valence-corrected chi connectivity index (χ3v) is 14.3. The van der Waals surface area contributed by atoms with Crippen molar-refractivity contribution in [3.05, 3.63) is 70.5 Å². The van der Waals surface area contributed by atoms with Gasteiger partial charge >= 0.3 is 5.69 Å². The molecule has 0 bridgehead atoms. The number of imide groups is 2. The van der Waals surface area contributed by atoms with Crippen molar-refractivity contribution in [1.29, 1.82) is 0 Å². The van der Waals surface area contributed by atoms with Gasteiger partial charge in [-0.05, 0) is 81.9 Å². The van der Waals surface area contributed by atoms with Crippen LogP contribution in [0.4, 0.5) is 17.5 Å². The molecule has 1 spiro atoms. The first-order valence-electron chi connectivity index (χ1n) is 23.9. The Hall–Kier alpha value is -6.96. The van der Waals surface area contributed by atoms with E-state index in [1.807, 2.05) is 30.5 Å². The van der Waals surface area contributed by atoms with Gasteiger partial charge in [0.1, 0.15) is 23.2 Å². The molecule has 9 rings (SSSR count). The first-order valence-corrected chi connectivity index (χ1v) is 23.9. The molecule has 1 aliphatic carbocycles. The van der Waals surface area contributed by atoms with E-state index in [1.165, 1.54) is 18.9 Å². The molecule has 1 saturated carbocycles. The Labute approximate surface area is 400 Å². The van der Waals surface area contributed by atoms with E-state index >= 15 is 0 Å². The summed E-state index contributed by atoms with van der Waals surface area (Å²) in [7, 11) is 6.82. The highest BCUT2D eigenvalue weighted by Crippen LogP contribution is 2.45. The lowest BCUT2D eigenvalue weighted by molar-refractivity contribution is -0.136. The van der Waals surface area contributed by atoms with Crippen molar-refractivity contribution in [1.82, 2.24) is 54.0 Å². The van der Waals surface area contributed by atoms with Crippen molar-refractivity contribution in [2.75, 3.05) is 64.1 Å². The minimum absolute atomic E-state index is 0.0299. The molecule has 3 aliphatic heterocycles. The molecule has 3 saturated heterocycles. The molecular formula is C49H63N13O7. The van der Waals surface area contributed by atoms with E-state index in [1.54, 1.807) is 48.3 Å². The topological polar surface area (TPSA) is 222 Å². The van der Waals surface area contributed by atoms with Crippen LogP contribution in [-0.4, -0.2) is 133 Å². The van der Waals surface area contributed by atoms with E-state index in [0.29, 0.717) is 23.9 Å². The number of pyridine rings is 1. The number of anilines is 3. The molecule has 69 heavy (non-hydrogen) atoms. The van der Waals surface area contributed by atoms with Crippen LogP contribution in [0.3, 0.4) is 0 Å². The number of aromatic nitrogens is 6. The molecule has 6 amide bonds. The van der Waals surface area contributed by atoms with Crippen LogP contribution in [0.15, 0.2) is 53.6 Å². The molecule has 0 radical (unpaired) electrons. The van der Waals surface area contributed by atoms with Crippen molar-refractivity contribution in [2.24, 2.45) is 12.5 Å². The molecule has 4 fully saturated rings. The second-order valence-electron chi connectivity index (χ2n) is 19.2. The Morgan fingerprint density at radius 1 is 0.928 bits per heavy atom. The number of piperidine rings is 2. The summed E-state index contributed by atoms with van der Waals surface area (Å²) >= 11 is 0. The fraction of sp³-hybridized carbons (Fsp3) is 0.510. The number of nitrogens with zero attached hydrogens (tertiary/aromatic N) is 10. The number of carbonyl (C=O) groups is 6. The zero-order valence-corrected chi connectivity index (χ0v) is 40.6. The summed E-state index contributed by atoms with van der Waals surface area (Å²) in [5, 5.41) is 8.69. The van der Waals surface area contributed by atoms with Gasteiger partial charge in [-0.2, -0.15) is 4.98 Å². The number of benzene rings is 1. The van der Waals surface area contributed by atoms with Gasteiger partial charge in [-0.3, -0.25) is 53.4 Å². The number of rotatable bonds is 11. The third kappa shape index (κ3) is 9.98. The fourth-order valence-electron chi connectivity index (χ4n) is 10.2. The van der Waals surface area contributed by atoms with Gasteiger partial charge in [0.2, 0.25) is 35.5 Å². The molecule has 4 aliphatic rings. The van der Waals surface area contributed by atoms with Crippen molar-refractivity contribution in [3.8, 4) is 0 Å². The highest BCUT2D eigenvalue weighted by atomic mass is 16.2. The largest absolute Gasteiger partial charge is 0.369 e. The molecular weight excluding hydrogens is 883 g/mol. The predicted octanol–water partition coefficient (Wildman–Crippen LogP) is 4.20. The van der Waals surface area contributed by atoms with Gasteiger partial charge in [0, 0.05) is 96.3 Å². The fourth-order valence-corrected chi connectivity index (χ4v) is 10.2. The Morgan fingerprint density at radius 2 is 1.65 bits per heavy atom. The molecule has 2 atom stereocenters. The molecule has 3 N–H and O–H groups in total. The molecule has 5 aromatic rings. The number of hydrogen-bond acceptors (Lipinski definition) is 13. The van der Waals surface area contributed by atoms with Crippen LogP contribution in [0, 0.1) is 5.41 Å². The zero-order valence-electron chi connectivity index (χ0n) is 40.6. The van der Waals surface area contributed by atoms with Crippen molar-refractivity contribution >= 4 is 75.0 Å². The first-order chi connectivity index (χ1) is 33.0. The van der Waals surface area contributed by atoms with Crippen LogP contribution in [0.2, 0.25) is 0 Å². The Morgan fingerprint density at radius 3 is 2.29 bits per heavy atom. The van der Waals surface area contributed by atoms with E-state index < -0.39 is 17.9 Å². The number of hydrogen-bond donors (Lipinski definition) is 3. The van der Waals surface area contributed by atoms with E-state index in [2.05, 4.69) is 54.4 Å². The number of fused-ring (bicyclic) bond motifs is 2. The highest BCUT2D eigenvalue weighted by molar-refractivity contribution is 6.01. The van der Waals surface area contributed by atoms with E-state index in [4.69, 9.17) is 9.97 Å². The number of imidazole rings is 1. The van der Waals surface area contributed by atoms with Crippen LogP contribution >= 0.6 is 0 Å². The smallest absolute Gasteiger partial charge is 0.329 e. The Bertz CT molecular complexity index is 2840. The second-order valence-corrected chi connectivity index (χ2v) is 19.2. The van der Waals surface area contributed by atoms with Crippen LogP contribution in [-0.2, 0) is 31.0 Å². The summed E-state index contributed by atoms with van der Waals surface area (Å²) in [6, 6.07) is 11.7.